The number of carbonyl (C=O) groups excluding carboxylic acids is 1. The van der Waals surface area contributed by atoms with Gasteiger partial charge in [-0.3, -0.25) is 9.69 Å². The van der Waals surface area contributed by atoms with E-state index in [1.165, 1.54) is 0 Å². The molecular formula is C15H20N4O2. The molecule has 1 aliphatic heterocycles. The Bertz CT molecular complexity index is 586. The minimum atomic E-state index is -0.315. The van der Waals surface area contributed by atoms with Crippen molar-refractivity contribution in [2.45, 2.75) is 25.4 Å². The monoisotopic (exact) mass is 288 g/mol. The lowest BCUT2D eigenvalue weighted by molar-refractivity contribution is -0.120. The molecule has 1 fully saturated rings. The number of hydrogen-bond acceptors (Lipinski definition) is 5. The van der Waals surface area contributed by atoms with E-state index in [1.54, 1.807) is 0 Å². The van der Waals surface area contributed by atoms with Gasteiger partial charge < -0.3 is 15.5 Å². The van der Waals surface area contributed by atoms with Crippen LogP contribution in [0.25, 0.3) is 11.1 Å². The summed E-state index contributed by atoms with van der Waals surface area (Å²) >= 11 is 0. The number of hydrogen-bond donors (Lipinski definition) is 2. The molecule has 2 heterocycles. The zero-order valence-electron chi connectivity index (χ0n) is 11.9. The highest BCUT2D eigenvalue weighted by Crippen LogP contribution is 2.19. The fourth-order valence-corrected chi connectivity index (χ4v) is 2.85. The highest BCUT2D eigenvalue weighted by molar-refractivity contribution is 5.76. The standard InChI is InChI=1S/C15H20N4O2/c16-14(20)9-19(11-5-7-17-8-6-11)10-15-18-12-3-1-2-4-13(12)21-15/h1-4,11,17H,5-10H2,(H2,16,20). The Kier molecular flexibility index (Phi) is 4.17. The number of nitrogens with one attached hydrogen (secondary N) is 1. The van der Waals surface area contributed by atoms with Crippen LogP contribution in [0.15, 0.2) is 28.7 Å². The summed E-state index contributed by atoms with van der Waals surface area (Å²) in [5.74, 6) is 0.320. The predicted octanol–water partition coefficient (Wildman–Crippen LogP) is 0.867. The molecule has 1 aliphatic rings. The summed E-state index contributed by atoms with van der Waals surface area (Å²) in [6, 6.07) is 8.02. The van der Waals surface area contributed by atoms with Crippen LogP contribution in [-0.4, -0.2) is 41.5 Å². The smallest absolute Gasteiger partial charge is 0.231 e. The van der Waals surface area contributed by atoms with Crippen molar-refractivity contribution >= 4 is 17.0 Å². The normalized spacial score (nSPS) is 16.6. The second-order valence-corrected chi connectivity index (χ2v) is 5.43. The summed E-state index contributed by atoms with van der Waals surface area (Å²) in [7, 11) is 0. The number of benzene rings is 1. The number of oxazole rings is 1. The molecule has 0 radical (unpaired) electrons. The average Bonchev–Trinajstić information content (AvgIpc) is 2.89. The van der Waals surface area contributed by atoms with E-state index in [1.807, 2.05) is 24.3 Å². The summed E-state index contributed by atoms with van der Waals surface area (Å²) in [5, 5.41) is 3.33. The lowest BCUT2D eigenvalue weighted by Crippen LogP contribution is -2.46. The maximum atomic E-state index is 11.3. The van der Waals surface area contributed by atoms with Gasteiger partial charge in [0.2, 0.25) is 11.8 Å². The van der Waals surface area contributed by atoms with Crippen LogP contribution in [0.1, 0.15) is 18.7 Å². The lowest BCUT2D eigenvalue weighted by Gasteiger charge is -2.32. The van der Waals surface area contributed by atoms with Gasteiger partial charge in [-0.1, -0.05) is 12.1 Å². The Morgan fingerprint density at radius 3 is 2.86 bits per heavy atom. The van der Waals surface area contributed by atoms with E-state index < -0.39 is 0 Å². The number of nitrogens with zero attached hydrogens (tertiary/aromatic N) is 2. The Hall–Kier alpha value is -1.92. The summed E-state index contributed by atoms with van der Waals surface area (Å²) in [6.45, 7) is 2.69. The topological polar surface area (TPSA) is 84.4 Å². The highest BCUT2D eigenvalue weighted by atomic mass is 16.3. The van der Waals surface area contributed by atoms with Crippen molar-refractivity contribution in [2.75, 3.05) is 19.6 Å². The average molecular weight is 288 g/mol. The fraction of sp³-hybridized carbons (Fsp3) is 0.467. The van der Waals surface area contributed by atoms with Crippen LogP contribution < -0.4 is 11.1 Å². The van der Waals surface area contributed by atoms with E-state index in [0.717, 1.165) is 37.0 Å². The van der Waals surface area contributed by atoms with E-state index in [2.05, 4.69) is 15.2 Å². The van der Waals surface area contributed by atoms with Gasteiger partial charge >= 0.3 is 0 Å². The molecule has 0 spiro atoms. The second-order valence-electron chi connectivity index (χ2n) is 5.43. The quantitative estimate of drug-likeness (QED) is 0.852. The number of para-hydroxylation sites is 2. The minimum Gasteiger partial charge on any atom is -0.439 e. The zero-order valence-corrected chi connectivity index (χ0v) is 11.9. The van der Waals surface area contributed by atoms with Gasteiger partial charge in [0.05, 0.1) is 13.1 Å². The molecule has 0 saturated carbocycles. The van der Waals surface area contributed by atoms with Gasteiger partial charge in [-0.15, -0.1) is 0 Å². The number of rotatable bonds is 5. The van der Waals surface area contributed by atoms with Crippen LogP contribution in [-0.2, 0) is 11.3 Å². The Labute approximate surface area is 123 Å². The molecule has 0 aliphatic carbocycles. The number of aromatic nitrogens is 1. The molecule has 1 aromatic heterocycles. The molecule has 6 nitrogen and oxygen atoms in total. The summed E-state index contributed by atoms with van der Waals surface area (Å²) in [6.07, 6.45) is 2.01. The number of amides is 1. The van der Waals surface area contributed by atoms with Crippen molar-refractivity contribution in [3.05, 3.63) is 30.2 Å². The van der Waals surface area contributed by atoms with Crippen LogP contribution in [0.3, 0.4) is 0 Å². The predicted molar refractivity (Wildman–Crippen MR) is 79.5 cm³/mol. The molecule has 0 bridgehead atoms. The van der Waals surface area contributed by atoms with Gasteiger partial charge in [-0.25, -0.2) is 4.98 Å². The summed E-state index contributed by atoms with van der Waals surface area (Å²) < 4.78 is 5.75. The van der Waals surface area contributed by atoms with Crippen LogP contribution in [0.5, 0.6) is 0 Å². The molecule has 3 rings (SSSR count). The van der Waals surface area contributed by atoms with Gasteiger partial charge in [-0.05, 0) is 38.1 Å². The third-order valence-electron chi connectivity index (χ3n) is 3.86. The molecule has 112 valence electrons. The van der Waals surface area contributed by atoms with Crippen molar-refractivity contribution < 1.29 is 9.21 Å². The fourth-order valence-electron chi connectivity index (χ4n) is 2.85. The SMILES string of the molecule is NC(=O)CN(Cc1nc2ccccc2o1)C1CCNCC1. The molecule has 2 aromatic rings. The van der Waals surface area contributed by atoms with Gasteiger partial charge in [-0.2, -0.15) is 0 Å². The van der Waals surface area contributed by atoms with E-state index in [0.29, 0.717) is 18.5 Å². The van der Waals surface area contributed by atoms with E-state index in [4.69, 9.17) is 10.2 Å². The van der Waals surface area contributed by atoms with E-state index in [9.17, 15) is 4.79 Å². The maximum Gasteiger partial charge on any atom is 0.231 e. The van der Waals surface area contributed by atoms with Crippen LogP contribution in [0.2, 0.25) is 0 Å². The Morgan fingerprint density at radius 2 is 2.14 bits per heavy atom. The van der Waals surface area contributed by atoms with Crippen LogP contribution >= 0.6 is 0 Å². The van der Waals surface area contributed by atoms with Gasteiger partial charge in [0.1, 0.15) is 5.52 Å². The zero-order chi connectivity index (χ0) is 14.7. The molecule has 0 unspecified atom stereocenters. The number of nitrogens with two attached hydrogens (primary N) is 1. The van der Waals surface area contributed by atoms with Crippen molar-refractivity contribution in [3.63, 3.8) is 0 Å². The summed E-state index contributed by atoms with van der Waals surface area (Å²) in [4.78, 5) is 17.9. The molecule has 0 atom stereocenters. The first kappa shape index (κ1) is 14.0. The molecule has 6 heteroatoms. The number of piperidine rings is 1. The van der Waals surface area contributed by atoms with Crippen LogP contribution in [0, 0.1) is 0 Å². The van der Waals surface area contributed by atoms with Gasteiger partial charge in [0.15, 0.2) is 5.58 Å². The summed E-state index contributed by atoms with van der Waals surface area (Å²) in [5.41, 5.74) is 7.00. The number of carbonyl (C=O) groups is 1. The van der Waals surface area contributed by atoms with E-state index in [-0.39, 0.29) is 12.5 Å². The first-order valence-corrected chi connectivity index (χ1v) is 7.30. The lowest BCUT2D eigenvalue weighted by atomic mass is 10.0. The number of fused-ring (bicyclic) bond motifs is 1. The molecule has 21 heavy (non-hydrogen) atoms. The van der Waals surface area contributed by atoms with Gasteiger partial charge in [0.25, 0.3) is 0 Å². The van der Waals surface area contributed by atoms with E-state index >= 15 is 0 Å². The molecule has 1 saturated heterocycles. The minimum absolute atomic E-state index is 0.239. The Morgan fingerprint density at radius 1 is 1.38 bits per heavy atom. The first-order valence-electron chi connectivity index (χ1n) is 7.30. The third kappa shape index (κ3) is 3.40. The highest BCUT2D eigenvalue weighted by Gasteiger charge is 2.24. The molecule has 3 N–H and O–H groups in total. The van der Waals surface area contributed by atoms with Crippen molar-refractivity contribution in [1.82, 2.24) is 15.2 Å². The third-order valence-corrected chi connectivity index (χ3v) is 3.86. The Balaban J connectivity index is 1.77. The van der Waals surface area contributed by atoms with Gasteiger partial charge in [0, 0.05) is 6.04 Å². The molecule has 1 aromatic carbocycles. The van der Waals surface area contributed by atoms with Crippen LogP contribution in [0.4, 0.5) is 0 Å². The second kappa shape index (κ2) is 6.24. The first-order chi connectivity index (χ1) is 10.2. The largest absolute Gasteiger partial charge is 0.439 e. The number of primary amides is 1. The molecule has 1 amide bonds. The maximum absolute atomic E-state index is 11.3. The van der Waals surface area contributed by atoms with Crippen molar-refractivity contribution in [3.8, 4) is 0 Å². The van der Waals surface area contributed by atoms with Crippen molar-refractivity contribution in [2.24, 2.45) is 5.73 Å². The van der Waals surface area contributed by atoms with Crippen molar-refractivity contribution in [1.29, 1.82) is 0 Å². The molecular weight excluding hydrogens is 268 g/mol.